The summed E-state index contributed by atoms with van der Waals surface area (Å²) in [5.74, 6) is -1.55. The second-order valence-electron chi connectivity index (χ2n) is 3.69. The lowest BCUT2D eigenvalue weighted by molar-refractivity contribution is -0.141. The lowest BCUT2D eigenvalue weighted by atomic mass is 10.2. The van der Waals surface area contributed by atoms with Crippen molar-refractivity contribution in [3.63, 3.8) is 0 Å². The number of thioether (sulfide) groups is 1. The van der Waals surface area contributed by atoms with Gasteiger partial charge in [-0.25, -0.2) is 4.79 Å². The summed E-state index contributed by atoms with van der Waals surface area (Å²) < 4.78 is 0. The number of rotatable bonds is 9. The van der Waals surface area contributed by atoms with Crippen LogP contribution in [-0.2, 0) is 14.4 Å². The van der Waals surface area contributed by atoms with Crippen LogP contribution in [0.25, 0.3) is 0 Å². The normalized spacial score (nSPS) is 13.4. The highest BCUT2D eigenvalue weighted by Gasteiger charge is 2.25. The molecule has 0 aliphatic rings. The predicted molar refractivity (Wildman–Crippen MR) is 77.4 cm³/mol. The first-order valence-corrected chi connectivity index (χ1v) is 7.61. The van der Waals surface area contributed by atoms with E-state index in [0.717, 1.165) is 0 Å². The number of amides is 2. The van der Waals surface area contributed by atoms with Crippen LogP contribution in [0.15, 0.2) is 0 Å². The summed E-state index contributed by atoms with van der Waals surface area (Å²) in [6.45, 7) is -0.224. The highest BCUT2D eigenvalue weighted by Crippen LogP contribution is 2.02. The summed E-state index contributed by atoms with van der Waals surface area (Å²) in [6.07, 6.45) is 2.27. The molecule has 0 aliphatic heterocycles. The Labute approximate surface area is 121 Å². The SMILES string of the molecule is CSCCC(NC(=O)CN)C(=O)NC(CS)C(=O)O. The van der Waals surface area contributed by atoms with E-state index in [9.17, 15) is 14.4 Å². The van der Waals surface area contributed by atoms with Gasteiger partial charge in [0.25, 0.3) is 0 Å². The molecule has 0 aliphatic carbocycles. The van der Waals surface area contributed by atoms with E-state index in [4.69, 9.17) is 10.8 Å². The van der Waals surface area contributed by atoms with Crippen LogP contribution in [0.5, 0.6) is 0 Å². The van der Waals surface area contributed by atoms with E-state index in [-0.39, 0.29) is 12.3 Å². The first kappa shape index (κ1) is 18.1. The van der Waals surface area contributed by atoms with Gasteiger partial charge < -0.3 is 21.5 Å². The number of carbonyl (C=O) groups excluding carboxylic acids is 2. The summed E-state index contributed by atoms with van der Waals surface area (Å²) in [7, 11) is 0. The molecule has 9 heteroatoms. The van der Waals surface area contributed by atoms with Gasteiger partial charge in [-0.15, -0.1) is 0 Å². The largest absolute Gasteiger partial charge is 0.480 e. The Morgan fingerprint density at radius 3 is 2.37 bits per heavy atom. The van der Waals surface area contributed by atoms with Crippen molar-refractivity contribution in [2.75, 3.05) is 24.3 Å². The third kappa shape index (κ3) is 7.28. The van der Waals surface area contributed by atoms with Crippen LogP contribution in [0.2, 0.25) is 0 Å². The Balaban J connectivity index is 4.59. The number of hydrogen-bond donors (Lipinski definition) is 5. The van der Waals surface area contributed by atoms with E-state index in [2.05, 4.69) is 23.3 Å². The van der Waals surface area contributed by atoms with E-state index in [1.54, 1.807) is 0 Å². The molecule has 2 amide bonds. The van der Waals surface area contributed by atoms with Crippen LogP contribution in [0.1, 0.15) is 6.42 Å². The number of thiol groups is 1. The molecule has 0 rings (SSSR count). The predicted octanol–water partition coefficient (Wildman–Crippen LogP) is -1.32. The van der Waals surface area contributed by atoms with Gasteiger partial charge in [0.2, 0.25) is 11.8 Å². The zero-order chi connectivity index (χ0) is 14.8. The number of carbonyl (C=O) groups is 3. The molecule has 7 nitrogen and oxygen atoms in total. The maximum absolute atomic E-state index is 11.9. The monoisotopic (exact) mass is 309 g/mol. The molecule has 0 saturated carbocycles. The van der Waals surface area contributed by atoms with Gasteiger partial charge >= 0.3 is 5.97 Å². The third-order valence-corrected chi connectivity index (χ3v) is 3.25. The highest BCUT2D eigenvalue weighted by atomic mass is 32.2. The Kier molecular flexibility index (Phi) is 9.44. The van der Waals surface area contributed by atoms with Gasteiger partial charge in [-0.3, -0.25) is 9.59 Å². The molecule has 2 unspecified atom stereocenters. The molecule has 0 heterocycles. The Morgan fingerprint density at radius 1 is 1.32 bits per heavy atom. The molecule has 0 bridgehead atoms. The Hall–Kier alpha value is -0.930. The van der Waals surface area contributed by atoms with E-state index < -0.39 is 29.9 Å². The van der Waals surface area contributed by atoms with E-state index in [1.807, 2.05) is 6.26 Å². The topological polar surface area (TPSA) is 122 Å². The second kappa shape index (κ2) is 9.93. The van der Waals surface area contributed by atoms with Crippen molar-refractivity contribution >= 4 is 42.2 Å². The number of carboxylic acid groups (broad SMARTS) is 1. The molecule has 0 aromatic carbocycles. The van der Waals surface area contributed by atoms with Crippen molar-refractivity contribution in [1.82, 2.24) is 10.6 Å². The number of aliphatic carboxylic acids is 1. The highest BCUT2D eigenvalue weighted by molar-refractivity contribution is 7.98. The third-order valence-electron chi connectivity index (χ3n) is 2.24. The van der Waals surface area contributed by atoms with E-state index in [0.29, 0.717) is 12.2 Å². The Bertz CT molecular complexity index is 328. The molecule has 0 radical (unpaired) electrons. The molecule has 19 heavy (non-hydrogen) atoms. The average Bonchev–Trinajstić information content (AvgIpc) is 2.39. The fraction of sp³-hybridized carbons (Fsp3) is 0.700. The Morgan fingerprint density at radius 2 is 1.95 bits per heavy atom. The van der Waals surface area contributed by atoms with Crippen LogP contribution in [0, 0.1) is 0 Å². The average molecular weight is 309 g/mol. The number of nitrogens with one attached hydrogen (secondary N) is 2. The minimum absolute atomic E-state index is 0.0266. The smallest absolute Gasteiger partial charge is 0.327 e. The standard InChI is InChI=1S/C10H19N3O4S2/c1-19-3-2-6(12-8(14)4-11)9(15)13-7(5-18)10(16)17/h6-7,18H,2-5,11H2,1H3,(H,12,14)(H,13,15)(H,16,17). The molecule has 0 spiro atoms. The first-order chi connectivity index (χ1) is 8.96. The molecular formula is C10H19N3O4S2. The maximum atomic E-state index is 11.9. The molecule has 0 saturated heterocycles. The second-order valence-corrected chi connectivity index (χ2v) is 5.04. The summed E-state index contributed by atoms with van der Waals surface area (Å²) >= 11 is 5.37. The van der Waals surface area contributed by atoms with Crippen LogP contribution in [0.3, 0.4) is 0 Å². The van der Waals surface area contributed by atoms with Crippen molar-refractivity contribution in [3.05, 3.63) is 0 Å². The maximum Gasteiger partial charge on any atom is 0.327 e. The minimum Gasteiger partial charge on any atom is -0.480 e. The molecule has 0 aromatic heterocycles. The fourth-order valence-electron chi connectivity index (χ4n) is 1.22. The van der Waals surface area contributed by atoms with Crippen LogP contribution in [0.4, 0.5) is 0 Å². The molecule has 5 N–H and O–H groups in total. The molecule has 0 aromatic rings. The lowest BCUT2D eigenvalue weighted by Crippen LogP contribution is -2.53. The summed E-state index contributed by atoms with van der Waals surface area (Å²) in [6, 6.07) is -1.87. The van der Waals surface area contributed by atoms with Gasteiger partial charge in [0.05, 0.1) is 6.54 Å². The van der Waals surface area contributed by atoms with Gasteiger partial charge in [-0.2, -0.15) is 24.4 Å². The van der Waals surface area contributed by atoms with Crippen molar-refractivity contribution in [2.24, 2.45) is 5.73 Å². The summed E-state index contributed by atoms with van der Waals surface area (Å²) in [4.78, 5) is 33.9. The quantitative estimate of drug-likeness (QED) is 0.337. The molecular weight excluding hydrogens is 290 g/mol. The van der Waals surface area contributed by atoms with E-state index in [1.165, 1.54) is 11.8 Å². The first-order valence-electron chi connectivity index (χ1n) is 5.58. The lowest BCUT2D eigenvalue weighted by Gasteiger charge is -2.20. The van der Waals surface area contributed by atoms with Crippen molar-refractivity contribution < 1.29 is 19.5 Å². The van der Waals surface area contributed by atoms with Crippen LogP contribution in [-0.4, -0.2) is 59.3 Å². The number of carboxylic acids is 1. The van der Waals surface area contributed by atoms with Gasteiger partial charge in [0, 0.05) is 5.75 Å². The minimum atomic E-state index is -1.17. The van der Waals surface area contributed by atoms with Crippen LogP contribution >= 0.6 is 24.4 Å². The van der Waals surface area contributed by atoms with Gasteiger partial charge in [-0.05, 0) is 18.4 Å². The summed E-state index contributed by atoms with van der Waals surface area (Å²) in [5.41, 5.74) is 5.17. The number of hydrogen-bond acceptors (Lipinski definition) is 6. The molecule has 0 fully saturated rings. The van der Waals surface area contributed by atoms with Gasteiger partial charge in [0.15, 0.2) is 0 Å². The molecule has 2 atom stereocenters. The van der Waals surface area contributed by atoms with Crippen molar-refractivity contribution in [1.29, 1.82) is 0 Å². The van der Waals surface area contributed by atoms with Crippen LogP contribution < -0.4 is 16.4 Å². The van der Waals surface area contributed by atoms with E-state index >= 15 is 0 Å². The van der Waals surface area contributed by atoms with Crippen molar-refractivity contribution in [3.8, 4) is 0 Å². The number of nitrogens with two attached hydrogens (primary N) is 1. The fourth-order valence-corrected chi connectivity index (χ4v) is 1.93. The van der Waals surface area contributed by atoms with Gasteiger partial charge in [0.1, 0.15) is 12.1 Å². The van der Waals surface area contributed by atoms with Crippen molar-refractivity contribution in [2.45, 2.75) is 18.5 Å². The summed E-state index contributed by atoms with van der Waals surface area (Å²) in [5, 5.41) is 13.6. The van der Waals surface area contributed by atoms with Gasteiger partial charge in [-0.1, -0.05) is 0 Å². The zero-order valence-corrected chi connectivity index (χ0v) is 12.3. The zero-order valence-electron chi connectivity index (χ0n) is 10.6. The molecule has 110 valence electrons.